The Hall–Kier alpha value is -3.12. The second kappa shape index (κ2) is 8.49. The standard InChI is InChI=1S/C22H18ClFN2O3/c23-19-8-2-1-7-18(19)20-12-17(29-25-20)14-26(22(27)21-9-4-10-28-21)13-15-5-3-6-16(24)11-15/h1-11,17H,12-14H2. The summed E-state index contributed by atoms with van der Waals surface area (Å²) in [5, 5.41) is 4.75. The molecule has 0 spiro atoms. The summed E-state index contributed by atoms with van der Waals surface area (Å²) < 4.78 is 18.9. The number of hydrogen-bond acceptors (Lipinski definition) is 4. The molecule has 148 valence electrons. The molecule has 1 aromatic heterocycles. The normalized spacial score (nSPS) is 15.7. The lowest BCUT2D eigenvalue weighted by Crippen LogP contribution is -2.37. The fourth-order valence-electron chi connectivity index (χ4n) is 3.26. The number of rotatable bonds is 6. The molecule has 4 rings (SSSR count). The van der Waals surface area contributed by atoms with Crippen LogP contribution in [0.2, 0.25) is 5.02 Å². The Balaban J connectivity index is 1.50. The summed E-state index contributed by atoms with van der Waals surface area (Å²) in [4.78, 5) is 20.1. The molecule has 1 aliphatic rings. The monoisotopic (exact) mass is 412 g/mol. The Morgan fingerprint density at radius 2 is 2.03 bits per heavy atom. The molecule has 5 nitrogen and oxygen atoms in total. The van der Waals surface area contributed by atoms with Gasteiger partial charge < -0.3 is 14.2 Å². The molecule has 0 saturated carbocycles. The molecule has 29 heavy (non-hydrogen) atoms. The zero-order valence-corrected chi connectivity index (χ0v) is 16.2. The van der Waals surface area contributed by atoms with Crippen molar-refractivity contribution in [2.24, 2.45) is 5.16 Å². The van der Waals surface area contributed by atoms with Gasteiger partial charge in [0.05, 0.1) is 18.5 Å². The first-order chi connectivity index (χ1) is 14.1. The zero-order valence-electron chi connectivity index (χ0n) is 15.4. The molecule has 2 aromatic carbocycles. The highest BCUT2D eigenvalue weighted by atomic mass is 35.5. The Labute approximate surface area is 172 Å². The summed E-state index contributed by atoms with van der Waals surface area (Å²) in [5.74, 6) is -0.435. The van der Waals surface area contributed by atoms with Crippen LogP contribution in [0.25, 0.3) is 0 Å². The van der Waals surface area contributed by atoms with Crippen LogP contribution in [0.15, 0.2) is 76.5 Å². The quantitative estimate of drug-likeness (QED) is 0.578. The maximum absolute atomic E-state index is 13.6. The van der Waals surface area contributed by atoms with Crippen LogP contribution in [0, 0.1) is 5.82 Å². The van der Waals surface area contributed by atoms with Gasteiger partial charge in [-0.2, -0.15) is 0 Å². The largest absolute Gasteiger partial charge is 0.459 e. The van der Waals surface area contributed by atoms with Gasteiger partial charge >= 0.3 is 0 Å². The predicted molar refractivity (Wildman–Crippen MR) is 107 cm³/mol. The number of halogens is 2. The lowest BCUT2D eigenvalue weighted by Gasteiger charge is -2.24. The van der Waals surface area contributed by atoms with E-state index in [9.17, 15) is 9.18 Å². The van der Waals surface area contributed by atoms with E-state index in [1.54, 1.807) is 35.2 Å². The minimum absolute atomic E-state index is 0.214. The van der Waals surface area contributed by atoms with Gasteiger partial charge in [0.15, 0.2) is 11.9 Å². The summed E-state index contributed by atoms with van der Waals surface area (Å²) in [7, 11) is 0. The van der Waals surface area contributed by atoms with Gasteiger partial charge in [-0.3, -0.25) is 4.79 Å². The third kappa shape index (κ3) is 4.49. The fourth-order valence-corrected chi connectivity index (χ4v) is 3.50. The summed E-state index contributed by atoms with van der Waals surface area (Å²) in [6.07, 6.45) is 1.61. The van der Waals surface area contributed by atoms with Crippen LogP contribution in [0.5, 0.6) is 0 Å². The van der Waals surface area contributed by atoms with E-state index in [1.165, 1.54) is 18.4 Å². The molecule has 7 heteroatoms. The smallest absolute Gasteiger partial charge is 0.289 e. The molecule has 1 aliphatic heterocycles. The van der Waals surface area contributed by atoms with E-state index in [4.69, 9.17) is 20.9 Å². The molecule has 0 radical (unpaired) electrons. The Kier molecular flexibility index (Phi) is 5.62. The highest BCUT2D eigenvalue weighted by molar-refractivity contribution is 6.34. The van der Waals surface area contributed by atoms with Gasteiger partial charge in [-0.05, 0) is 35.9 Å². The van der Waals surface area contributed by atoms with E-state index in [2.05, 4.69) is 5.16 Å². The lowest BCUT2D eigenvalue weighted by atomic mass is 10.0. The first-order valence-electron chi connectivity index (χ1n) is 9.15. The average molecular weight is 413 g/mol. The Morgan fingerprint density at radius 3 is 2.79 bits per heavy atom. The molecule has 0 bridgehead atoms. The molecular weight excluding hydrogens is 395 g/mol. The molecule has 0 aliphatic carbocycles. The van der Waals surface area contributed by atoms with E-state index in [0.29, 0.717) is 17.0 Å². The van der Waals surface area contributed by atoms with Gasteiger partial charge in [-0.1, -0.05) is 47.1 Å². The third-order valence-corrected chi connectivity index (χ3v) is 4.95. The van der Waals surface area contributed by atoms with Crippen LogP contribution in [0.4, 0.5) is 4.39 Å². The van der Waals surface area contributed by atoms with Crippen LogP contribution in [-0.4, -0.2) is 29.2 Å². The Morgan fingerprint density at radius 1 is 1.17 bits per heavy atom. The van der Waals surface area contributed by atoms with Crippen LogP contribution < -0.4 is 0 Å². The fraction of sp³-hybridized carbons (Fsp3) is 0.182. The van der Waals surface area contributed by atoms with E-state index < -0.39 is 0 Å². The first kappa shape index (κ1) is 19.2. The van der Waals surface area contributed by atoms with Crippen molar-refractivity contribution in [1.82, 2.24) is 4.90 Å². The van der Waals surface area contributed by atoms with Crippen LogP contribution >= 0.6 is 11.6 Å². The number of oxime groups is 1. The van der Waals surface area contributed by atoms with Crippen LogP contribution in [0.1, 0.15) is 28.1 Å². The number of furan rings is 1. The van der Waals surface area contributed by atoms with Crippen molar-refractivity contribution in [3.63, 3.8) is 0 Å². The van der Waals surface area contributed by atoms with Crippen molar-refractivity contribution in [1.29, 1.82) is 0 Å². The number of nitrogens with zero attached hydrogens (tertiary/aromatic N) is 2. The molecule has 0 fully saturated rings. The number of carbonyl (C=O) groups is 1. The highest BCUT2D eigenvalue weighted by Crippen LogP contribution is 2.24. The van der Waals surface area contributed by atoms with Gasteiger partial charge in [-0.15, -0.1) is 0 Å². The van der Waals surface area contributed by atoms with Crippen molar-refractivity contribution in [2.75, 3.05) is 6.54 Å². The second-order valence-electron chi connectivity index (χ2n) is 6.74. The molecule has 1 unspecified atom stereocenters. The van der Waals surface area contributed by atoms with E-state index in [-0.39, 0.29) is 36.7 Å². The summed E-state index contributed by atoms with van der Waals surface area (Å²) >= 11 is 6.25. The first-order valence-corrected chi connectivity index (χ1v) is 9.53. The Bertz CT molecular complexity index is 1040. The summed E-state index contributed by atoms with van der Waals surface area (Å²) in [5.41, 5.74) is 2.22. The lowest BCUT2D eigenvalue weighted by molar-refractivity contribution is 0.0387. The minimum Gasteiger partial charge on any atom is -0.459 e. The molecular formula is C22H18ClFN2O3. The molecule has 1 amide bonds. The summed E-state index contributed by atoms with van der Waals surface area (Å²) in [6, 6.07) is 16.8. The highest BCUT2D eigenvalue weighted by Gasteiger charge is 2.29. The number of carbonyl (C=O) groups excluding carboxylic acids is 1. The van der Waals surface area contributed by atoms with E-state index >= 15 is 0 Å². The topological polar surface area (TPSA) is 55.0 Å². The average Bonchev–Trinajstić information content (AvgIpc) is 3.40. The van der Waals surface area contributed by atoms with E-state index in [0.717, 1.165) is 11.3 Å². The predicted octanol–water partition coefficient (Wildman–Crippen LogP) is 4.91. The number of benzene rings is 2. The van der Waals surface area contributed by atoms with Gasteiger partial charge in [0.2, 0.25) is 0 Å². The molecule has 2 heterocycles. The summed E-state index contributed by atoms with van der Waals surface area (Å²) in [6.45, 7) is 0.492. The number of amides is 1. The van der Waals surface area contributed by atoms with Gasteiger partial charge in [0.25, 0.3) is 5.91 Å². The molecule has 3 aromatic rings. The van der Waals surface area contributed by atoms with Gasteiger partial charge in [0, 0.05) is 23.6 Å². The third-order valence-electron chi connectivity index (χ3n) is 4.62. The van der Waals surface area contributed by atoms with Gasteiger partial charge in [0.1, 0.15) is 5.82 Å². The second-order valence-corrected chi connectivity index (χ2v) is 7.15. The van der Waals surface area contributed by atoms with Gasteiger partial charge in [-0.25, -0.2) is 4.39 Å². The molecule has 0 N–H and O–H groups in total. The maximum atomic E-state index is 13.6. The van der Waals surface area contributed by atoms with Crippen LogP contribution in [-0.2, 0) is 11.4 Å². The van der Waals surface area contributed by atoms with Crippen LogP contribution in [0.3, 0.4) is 0 Å². The van der Waals surface area contributed by atoms with Crippen molar-refractivity contribution in [3.05, 3.63) is 94.7 Å². The molecule has 1 atom stereocenters. The zero-order chi connectivity index (χ0) is 20.2. The number of hydrogen-bond donors (Lipinski definition) is 0. The SMILES string of the molecule is O=C(c1ccco1)N(Cc1cccc(F)c1)CC1CC(c2ccccc2Cl)=NO1. The molecule has 0 saturated heterocycles. The maximum Gasteiger partial charge on any atom is 0.289 e. The van der Waals surface area contributed by atoms with E-state index in [1.807, 2.05) is 18.2 Å². The van der Waals surface area contributed by atoms with Crippen molar-refractivity contribution < 1.29 is 18.4 Å². The minimum atomic E-state index is -0.352. The van der Waals surface area contributed by atoms with Crippen molar-refractivity contribution in [2.45, 2.75) is 19.1 Å². The van der Waals surface area contributed by atoms with Crippen molar-refractivity contribution >= 4 is 23.2 Å². The van der Waals surface area contributed by atoms with Crippen molar-refractivity contribution in [3.8, 4) is 0 Å².